The van der Waals surface area contributed by atoms with Crippen LogP contribution in [-0.2, 0) is 16.1 Å². The minimum Gasteiger partial charge on any atom is -0.493 e. The van der Waals surface area contributed by atoms with Gasteiger partial charge in [-0.15, -0.1) is 0 Å². The summed E-state index contributed by atoms with van der Waals surface area (Å²) in [6.45, 7) is 1.87. The number of amides is 1. The molecule has 0 aliphatic carbocycles. The Hall–Kier alpha value is -3.80. The van der Waals surface area contributed by atoms with E-state index in [0.29, 0.717) is 18.1 Å². The van der Waals surface area contributed by atoms with E-state index < -0.39 is 5.97 Å². The van der Waals surface area contributed by atoms with Crippen molar-refractivity contribution in [1.29, 1.82) is 0 Å². The van der Waals surface area contributed by atoms with Crippen LogP contribution in [0.25, 0.3) is 0 Å². The minimum atomic E-state index is -0.615. The Bertz CT molecular complexity index is 1000. The van der Waals surface area contributed by atoms with Gasteiger partial charge in [-0.2, -0.15) is 0 Å². The molecule has 0 aliphatic heterocycles. The van der Waals surface area contributed by atoms with E-state index in [9.17, 15) is 9.59 Å². The van der Waals surface area contributed by atoms with Gasteiger partial charge in [0, 0.05) is 0 Å². The third-order valence-corrected chi connectivity index (χ3v) is 4.65. The summed E-state index contributed by atoms with van der Waals surface area (Å²) in [5, 5.41) is 2.81. The number of ether oxygens (including phenoxy) is 3. The van der Waals surface area contributed by atoms with E-state index in [-0.39, 0.29) is 24.1 Å². The third-order valence-electron chi connectivity index (χ3n) is 4.65. The maximum Gasteiger partial charge on any atom is 0.338 e. The van der Waals surface area contributed by atoms with Gasteiger partial charge >= 0.3 is 5.97 Å². The molecule has 160 valence electrons. The highest BCUT2D eigenvalue weighted by Gasteiger charge is 2.15. The Kier molecular flexibility index (Phi) is 7.65. The predicted octanol–water partition coefficient (Wildman–Crippen LogP) is 4.31. The SMILES string of the molecule is COc1cc(C(=O)OCC(=O)NC(C)c2ccccc2)ccc1OCc1ccccc1. The van der Waals surface area contributed by atoms with Gasteiger partial charge in [-0.3, -0.25) is 4.79 Å². The van der Waals surface area contributed by atoms with Crippen molar-refractivity contribution in [3.8, 4) is 11.5 Å². The van der Waals surface area contributed by atoms with Crippen LogP contribution in [0.2, 0.25) is 0 Å². The molecule has 31 heavy (non-hydrogen) atoms. The average Bonchev–Trinajstić information content (AvgIpc) is 2.82. The van der Waals surface area contributed by atoms with Crippen LogP contribution in [0.4, 0.5) is 0 Å². The number of hydrogen-bond acceptors (Lipinski definition) is 5. The number of methoxy groups -OCH3 is 1. The van der Waals surface area contributed by atoms with Crippen molar-refractivity contribution in [3.63, 3.8) is 0 Å². The normalized spacial score (nSPS) is 11.3. The van der Waals surface area contributed by atoms with Crippen LogP contribution >= 0.6 is 0 Å². The van der Waals surface area contributed by atoms with Crippen molar-refractivity contribution in [2.75, 3.05) is 13.7 Å². The highest BCUT2D eigenvalue weighted by atomic mass is 16.5. The van der Waals surface area contributed by atoms with E-state index in [1.54, 1.807) is 12.1 Å². The highest BCUT2D eigenvalue weighted by molar-refractivity contribution is 5.92. The van der Waals surface area contributed by atoms with E-state index in [2.05, 4.69) is 5.32 Å². The molecule has 3 aromatic rings. The van der Waals surface area contributed by atoms with Crippen molar-refractivity contribution in [2.45, 2.75) is 19.6 Å². The number of carbonyl (C=O) groups is 2. The van der Waals surface area contributed by atoms with Gasteiger partial charge in [0.05, 0.1) is 18.7 Å². The zero-order chi connectivity index (χ0) is 22.1. The largest absolute Gasteiger partial charge is 0.493 e. The molecule has 1 amide bonds. The fraction of sp³-hybridized carbons (Fsp3) is 0.200. The van der Waals surface area contributed by atoms with Crippen LogP contribution in [-0.4, -0.2) is 25.6 Å². The standard InChI is InChI=1S/C25H25NO5/c1-18(20-11-7-4-8-12-20)26-24(27)17-31-25(28)21-13-14-22(23(15-21)29-2)30-16-19-9-5-3-6-10-19/h3-15,18H,16-17H2,1-2H3,(H,26,27). The third kappa shape index (κ3) is 6.34. The highest BCUT2D eigenvalue weighted by Crippen LogP contribution is 2.29. The number of hydrogen-bond donors (Lipinski definition) is 1. The number of carbonyl (C=O) groups excluding carboxylic acids is 2. The fourth-order valence-electron chi connectivity index (χ4n) is 2.97. The van der Waals surface area contributed by atoms with Gasteiger partial charge < -0.3 is 19.5 Å². The van der Waals surface area contributed by atoms with Crippen LogP contribution in [0.3, 0.4) is 0 Å². The zero-order valence-electron chi connectivity index (χ0n) is 17.5. The minimum absolute atomic E-state index is 0.187. The molecule has 6 nitrogen and oxygen atoms in total. The Morgan fingerprint density at radius 3 is 2.26 bits per heavy atom. The lowest BCUT2D eigenvalue weighted by Crippen LogP contribution is -2.31. The molecule has 0 spiro atoms. The predicted molar refractivity (Wildman–Crippen MR) is 117 cm³/mol. The second-order valence-corrected chi connectivity index (χ2v) is 6.92. The Morgan fingerprint density at radius 1 is 0.903 bits per heavy atom. The van der Waals surface area contributed by atoms with E-state index >= 15 is 0 Å². The monoisotopic (exact) mass is 419 g/mol. The van der Waals surface area contributed by atoms with Crippen molar-refractivity contribution >= 4 is 11.9 Å². The summed E-state index contributed by atoms with van der Waals surface area (Å²) < 4.78 is 16.3. The van der Waals surface area contributed by atoms with Gasteiger partial charge in [-0.25, -0.2) is 4.79 Å². The van der Waals surface area contributed by atoms with Crippen LogP contribution in [0.15, 0.2) is 78.9 Å². The lowest BCUT2D eigenvalue weighted by Gasteiger charge is -2.15. The van der Waals surface area contributed by atoms with Gasteiger partial charge in [-0.05, 0) is 36.2 Å². The first-order valence-corrected chi connectivity index (χ1v) is 9.93. The molecule has 1 atom stereocenters. The summed E-state index contributed by atoms with van der Waals surface area (Å²) in [7, 11) is 1.50. The molecule has 0 aromatic heterocycles. The second-order valence-electron chi connectivity index (χ2n) is 6.92. The quantitative estimate of drug-likeness (QED) is 0.523. The lowest BCUT2D eigenvalue weighted by atomic mass is 10.1. The molecule has 0 bridgehead atoms. The van der Waals surface area contributed by atoms with Crippen LogP contribution in [0.5, 0.6) is 11.5 Å². The maximum absolute atomic E-state index is 12.4. The van der Waals surface area contributed by atoms with Gasteiger partial charge in [0.25, 0.3) is 5.91 Å². The summed E-state index contributed by atoms with van der Waals surface area (Å²) in [5.41, 5.74) is 2.26. The van der Waals surface area contributed by atoms with Crippen molar-refractivity contribution < 1.29 is 23.8 Å². The topological polar surface area (TPSA) is 73.9 Å². The average molecular weight is 419 g/mol. The molecule has 1 N–H and O–H groups in total. The molecular formula is C25H25NO5. The Morgan fingerprint density at radius 2 is 1.58 bits per heavy atom. The molecular weight excluding hydrogens is 394 g/mol. The molecule has 0 saturated carbocycles. The van der Waals surface area contributed by atoms with Crippen molar-refractivity contribution in [1.82, 2.24) is 5.32 Å². The summed E-state index contributed by atoms with van der Waals surface area (Å²) in [5.74, 6) is -0.0697. The van der Waals surface area contributed by atoms with Gasteiger partial charge in [-0.1, -0.05) is 60.7 Å². The number of esters is 1. The smallest absolute Gasteiger partial charge is 0.338 e. The first kappa shape index (κ1) is 21.9. The summed E-state index contributed by atoms with van der Waals surface area (Å²) in [6.07, 6.45) is 0. The molecule has 3 aromatic carbocycles. The van der Waals surface area contributed by atoms with E-state index in [1.165, 1.54) is 13.2 Å². The Balaban J connectivity index is 1.54. The van der Waals surface area contributed by atoms with Gasteiger partial charge in [0.1, 0.15) is 6.61 Å². The summed E-state index contributed by atoms with van der Waals surface area (Å²) in [6, 6.07) is 23.9. The van der Waals surface area contributed by atoms with E-state index in [4.69, 9.17) is 14.2 Å². The van der Waals surface area contributed by atoms with E-state index in [1.807, 2.05) is 67.6 Å². The summed E-state index contributed by atoms with van der Waals surface area (Å²) in [4.78, 5) is 24.5. The first-order valence-electron chi connectivity index (χ1n) is 9.93. The number of nitrogens with one attached hydrogen (secondary N) is 1. The molecule has 0 fully saturated rings. The molecule has 0 saturated heterocycles. The molecule has 0 radical (unpaired) electrons. The molecule has 3 rings (SSSR count). The first-order chi connectivity index (χ1) is 15.1. The van der Waals surface area contributed by atoms with Crippen LogP contribution < -0.4 is 14.8 Å². The molecule has 0 aliphatic rings. The maximum atomic E-state index is 12.4. The van der Waals surface area contributed by atoms with Crippen molar-refractivity contribution in [3.05, 3.63) is 95.6 Å². The van der Waals surface area contributed by atoms with Crippen LogP contribution in [0, 0.1) is 0 Å². The molecule has 6 heteroatoms. The van der Waals surface area contributed by atoms with Crippen LogP contribution in [0.1, 0.15) is 34.5 Å². The molecule has 0 heterocycles. The number of rotatable bonds is 9. The van der Waals surface area contributed by atoms with E-state index in [0.717, 1.165) is 11.1 Å². The van der Waals surface area contributed by atoms with Gasteiger partial charge in [0.15, 0.2) is 18.1 Å². The summed E-state index contributed by atoms with van der Waals surface area (Å²) >= 11 is 0. The molecule has 1 unspecified atom stereocenters. The lowest BCUT2D eigenvalue weighted by molar-refractivity contribution is -0.124. The zero-order valence-corrected chi connectivity index (χ0v) is 17.5. The fourth-order valence-corrected chi connectivity index (χ4v) is 2.97. The van der Waals surface area contributed by atoms with Crippen molar-refractivity contribution in [2.24, 2.45) is 0 Å². The second kappa shape index (κ2) is 10.8. The van der Waals surface area contributed by atoms with Gasteiger partial charge in [0.2, 0.25) is 0 Å². The number of benzene rings is 3. The Labute approximate surface area is 181 Å².